The third-order valence-electron chi connectivity index (χ3n) is 1.65. The molecule has 0 spiro atoms. The molecular formula is C8H3F7INO. The standard InChI is InChI=1S/C8H3F7INO/c9-2-4-6(7(10,11)12)3(16)1-5(17-4)18-8(13,14)15/h1H,2H2. The van der Waals surface area contributed by atoms with Gasteiger partial charge >= 0.3 is 12.5 Å². The molecule has 0 radical (unpaired) electrons. The zero-order valence-corrected chi connectivity index (χ0v) is 10.3. The van der Waals surface area contributed by atoms with E-state index >= 15 is 0 Å². The number of nitrogens with zero attached hydrogens (tertiary/aromatic N) is 1. The Bertz CT molecular complexity index is 442. The number of pyridine rings is 1. The molecule has 1 rings (SSSR count). The maximum absolute atomic E-state index is 12.5. The maximum atomic E-state index is 12.5. The molecule has 1 aromatic heterocycles. The summed E-state index contributed by atoms with van der Waals surface area (Å²) >= 11 is 1.14. The van der Waals surface area contributed by atoms with Gasteiger partial charge in [-0.25, -0.2) is 9.37 Å². The Hall–Kier alpha value is -0.810. The number of rotatable bonds is 2. The van der Waals surface area contributed by atoms with Crippen LogP contribution in [0.2, 0.25) is 0 Å². The van der Waals surface area contributed by atoms with E-state index in [0.717, 1.165) is 22.6 Å². The Morgan fingerprint density at radius 1 is 1.17 bits per heavy atom. The molecule has 0 atom stereocenters. The molecule has 10 heteroatoms. The van der Waals surface area contributed by atoms with E-state index in [1.807, 2.05) is 0 Å². The molecule has 0 aliphatic rings. The molecule has 18 heavy (non-hydrogen) atoms. The lowest BCUT2D eigenvalue weighted by molar-refractivity contribution is -0.276. The summed E-state index contributed by atoms with van der Waals surface area (Å²) in [6.45, 7) is -1.65. The van der Waals surface area contributed by atoms with Crippen molar-refractivity contribution in [1.82, 2.24) is 4.98 Å². The minimum absolute atomic E-state index is 0.441. The quantitative estimate of drug-likeness (QED) is 0.562. The van der Waals surface area contributed by atoms with E-state index < -0.39 is 39.9 Å². The average molecular weight is 389 g/mol. The molecular weight excluding hydrogens is 386 g/mol. The van der Waals surface area contributed by atoms with Crippen molar-refractivity contribution < 1.29 is 35.5 Å². The van der Waals surface area contributed by atoms with Gasteiger partial charge in [0.15, 0.2) is 0 Å². The van der Waals surface area contributed by atoms with Crippen molar-refractivity contribution in [1.29, 1.82) is 0 Å². The topological polar surface area (TPSA) is 22.1 Å². The molecule has 1 aromatic rings. The molecule has 0 bridgehead atoms. The van der Waals surface area contributed by atoms with Crippen LogP contribution < -0.4 is 4.74 Å². The third kappa shape index (κ3) is 3.85. The molecule has 0 amide bonds. The zero-order valence-electron chi connectivity index (χ0n) is 8.16. The van der Waals surface area contributed by atoms with E-state index in [1.54, 1.807) is 0 Å². The fourth-order valence-electron chi connectivity index (χ4n) is 1.11. The van der Waals surface area contributed by atoms with Crippen LogP contribution in [0.3, 0.4) is 0 Å². The zero-order chi connectivity index (χ0) is 14.1. The van der Waals surface area contributed by atoms with Gasteiger partial charge in [0.25, 0.3) is 0 Å². The van der Waals surface area contributed by atoms with Crippen LogP contribution in [0.25, 0.3) is 0 Å². The van der Waals surface area contributed by atoms with Crippen molar-refractivity contribution in [3.63, 3.8) is 0 Å². The minimum atomic E-state index is -5.11. The molecule has 102 valence electrons. The summed E-state index contributed by atoms with van der Waals surface area (Å²) in [5.74, 6) is -1.13. The van der Waals surface area contributed by atoms with Gasteiger partial charge < -0.3 is 4.74 Å². The highest BCUT2D eigenvalue weighted by Gasteiger charge is 2.38. The second-order valence-corrected chi connectivity index (χ2v) is 4.11. The lowest BCUT2D eigenvalue weighted by Crippen LogP contribution is -2.20. The van der Waals surface area contributed by atoms with Crippen LogP contribution in [0.1, 0.15) is 11.3 Å². The molecule has 0 aliphatic carbocycles. The van der Waals surface area contributed by atoms with Crippen LogP contribution in [0.15, 0.2) is 6.07 Å². The minimum Gasteiger partial charge on any atom is -0.388 e. The number of alkyl halides is 7. The largest absolute Gasteiger partial charge is 0.574 e. The van der Waals surface area contributed by atoms with Crippen LogP contribution in [-0.2, 0) is 12.9 Å². The molecule has 0 fully saturated rings. The van der Waals surface area contributed by atoms with E-state index in [0.29, 0.717) is 6.07 Å². The van der Waals surface area contributed by atoms with Gasteiger partial charge in [-0.15, -0.1) is 13.2 Å². The summed E-state index contributed by atoms with van der Waals surface area (Å²) in [7, 11) is 0. The molecule has 2 nitrogen and oxygen atoms in total. The van der Waals surface area contributed by atoms with E-state index in [-0.39, 0.29) is 0 Å². The van der Waals surface area contributed by atoms with Crippen molar-refractivity contribution in [2.45, 2.75) is 19.2 Å². The Morgan fingerprint density at radius 3 is 2.11 bits per heavy atom. The van der Waals surface area contributed by atoms with Gasteiger partial charge in [0.1, 0.15) is 6.67 Å². The van der Waals surface area contributed by atoms with Gasteiger partial charge in [0.2, 0.25) is 5.88 Å². The van der Waals surface area contributed by atoms with Crippen molar-refractivity contribution in [2.24, 2.45) is 0 Å². The Labute approximate surface area is 109 Å². The van der Waals surface area contributed by atoms with Crippen LogP contribution in [0.5, 0.6) is 5.88 Å². The van der Waals surface area contributed by atoms with Crippen molar-refractivity contribution in [2.75, 3.05) is 0 Å². The monoisotopic (exact) mass is 389 g/mol. The SMILES string of the molecule is FCc1nc(OC(F)(F)F)cc(I)c1C(F)(F)F. The predicted molar refractivity (Wildman–Crippen MR) is 53.5 cm³/mol. The number of hydrogen-bond acceptors (Lipinski definition) is 2. The molecule has 0 saturated carbocycles. The number of halogens is 8. The highest BCUT2D eigenvalue weighted by molar-refractivity contribution is 14.1. The number of aromatic nitrogens is 1. The van der Waals surface area contributed by atoms with Gasteiger partial charge in [-0.1, -0.05) is 0 Å². The van der Waals surface area contributed by atoms with Crippen LogP contribution in [-0.4, -0.2) is 11.3 Å². The predicted octanol–water partition coefficient (Wildman–Crippen LogP) is 4.07. The summed E-state index contributed by atoms with van der Waals surface area (Å²) in [5, 5.41) is 0. The van der Waals surface area contributed by atoms with E-state index in [2.05, 4.69) is 9.72 Å². The lowest BCUT2D eigenvalue weighted by Gasteiger charge is -2.15. The summed E-state index contributed by atoms with van der Waals surface area (Å²) in [4.78, 5) is 2.86. The van der Waals surface area contributed by atoms with Crippen LogP contribution >= 0.6 is 22.6 Å². The fraction of sp³-hybridized carbons (Fsp3) is 0.375. The van der Waals surface area contributed by atoms with Gasteiger partial charge in [0.05, 0.1) is 11.3 Å². The highest BCUT2D eigenvalue weighted by atomic mass is 127. The average Bonchev–Trinajstić information content (AvgIpc) is 2.11. The fourth-order valence-corrected chi connectivity index (χ4v) is 1.99. The summed E-state index contributed by atoms with van der Waals surface area (Å²) in [5.41, 5.74) is -2.55. The van der Waals surface area contributed by atoms with Crippen molar-refractivity contribution >= 4 is 22.6 Å². The molecule has 0 saturated heterocycles. The van der Waals surface area contributed by atoms with Crippen LogP contribution in [0, 0.1) is 3.57 Å². The van der Waals surface area contributed by atoms with E-state index in [4.69, 9.17) is 0 Å². The second kappa shape index (κ2) is 5.05. The summed E-state index contributed by atoms with van der Waals surface area (Å²) in [6.07, 6.45) is -10.0. The normalized spacial score (nSPS) is 12.7. The number of ether oxygens (including phenoxy) is 1. The Morgan fingerprint density at radius 2 is 1.72 bits per heavy atom. The van der Waals surface area contributed by atoms with Crippen molar-refractivity contribution in [3.8, 4) is 5.88 Å². The van der Waals surface area contributed by atoms with E-state index in [9.17, 15) is 30.7 Å². The summed E-state index contributed by atoms with van der Waals surface area (Å²) in [6, 6.07) is 0.441. The van der Waals surface area contributed by atoms with Gasteiger partial charge in [-0.05, 0) is 22.6 Å². The Balaban J connectivity index is 3.28. The molecule has 1 heterocycles. The second-order valence-electron chi connectivity index (χ2n) is 2.94. The lowest BCUT2D eigenvalue weighted by atomic mass is 10.2. The first-order valence-electron chi connectivity index (χ1n) is 4.13. The van der Waals surface area contributed by atoms with Gasteiger partial charge in [-0.3, -0.25) is 0 Å². The van der Waals surface area contributed by atoms with Crippen LogP contribution in [0.4, 0.5) is 30.7 Å². The first-order chi connectivity index (χ1) is 8.04. The van der Waals surface area contributed by atoms with Gasteiger partial charge in [-0.2, -0.15) is 13.2 Å². The molecule has 0 aliphatic heterocycles. The van der Waals surface area contributed by atoms with Gasteiger partial charge in [0, 0.05) is 9.64 Å². The van der Waals surface area contributed by atoms with Crippen molar-refractivity contribution in [3.05, 3.63) is 20.9 Å². The first kappa shape index (κ1) is 15.2. The Kier molecular flexibility index (Phi) is 4.28. The molecule has 0 N–H and O–H groups in total. The van der Waals surface area contributed by atoms with E-state index in [1.165, 1.54) is 0 Å². The molecule has 0 unspecified atom stereocenters. The number of hydrogen-bond donors (Lipinski definition) is 0. The highest BCUT2D eigenvalue weighted by Crippen LogP contribution is 2.37. The smallest absolute Gasteiger partial charge is 0.388 e. The third-order valence-corrected chi connectivity index (χ3v) is 2.50. The summed E-state index contributed by atoms with van der Waals surface area (Å²) < 4.78 is 88.2. The molecule has 0 aromatic carbocycles. The maximum Gasteiger partial charge on any atom is 0.574 e. The first-order valence-corrected chi connectivity index (χ1v) is 5.21.